The van der Waals surface area contributed by atoms with Crippen LogP contribution in [-0.2, 0) is 5.75 Å². The first kappa shape index (κ1) is 12.6. The van der Waals surface area contributed by atoms with E-state index >= 15 is 0 Å². The third-order valence-electron chi connectivity index (χ3n) is 2.65. The Morgan fingerprint density at radius 3 is 2.55 bits per heavy atom. The molecule has 0 bridgehead atoms. The van der Waals surface area contributed by atoms with Gasteiger partial charge in [0.15, 0.2) is 0 Å². The van der Waals surface area contributed by atoms with Crippen molar-refractivity contribution in [1.82, 2.24) is 25.2 Å². The van der Waals surface area contributed by atoms with Gasteiger partial charge in [0.2, 0.25) is 5.16 Å². The maximum atomic E-state index is 9.30. The SMILES string of the molecule is Oc1ccc(-n2nnnc2SCc2ccncc2)cc1. The Morgan fingerprint density at radius 1 is 1.05 bits per heavy atom. The van der Waals surface area contributed by atoms with E-state index < -0.39 is 0 Å². The molecular formula is C13H11N5OS. The molecule has 0 atom stereocenters. The predicted octanol–water partition coefficient (Wildman–Crippen LogP) is 2.06. The summed E-state index contributed by atoms with van der Waals surface area (Å²) >= 11 is 1.54. The Balaban J connectivity index is 1.78. The molecule has 3 rings (SSSR count). The molecule has 7 heteroatoms. The lowest BCUT2D eigenvalue weighted by Gasteiger charge is -2.04. The summed E-state index contributed by atoms with van der Waals surface area (Å²) in [5.41, 5.74) is 1.97. The van der Waals surface area contributed by atoms with Gasteiger partial charge in [0.1, 0.15) is 5.75 Å². The van der Waals surface area contributed by atoms with E-state index in [4.69, 9.17) is 0 Å². The number of hydrogen-bond donors (Lipinski definition) is 1. The highest BCUT2D eigenvalue weighted by Crippen LogP contribution is 2.22. The first-order valence-electron chi connectivity index (χ1n) is 5.92. The predicted molar refractivity (Wildman–Crippen MR) is 74.6 cm³/mol. The van der Waals surface area contributed by atoms with E-state index in [9.17, 15) is 5.11 Å². The highest BCUT2D eigenvalue weighted by atomic mass is 32.2. The van der Waals surface area contributed by atoms with Crippen LogP contribution in [0.5, 0.6) is 5.75 Å². The fourth-order valence-corrected chi connectivity index (χ4v) is 2.50. The lowest BCUT2D eigenvalue weighted by Crippen LogP contribution is -1.98. The van der Waals surface area contributed by atoms with Crippen molar-refractivity contribution in [2.24, 2.45) is 0 Å². The van der Waals surface area contributed by atoms with E-state index in [2.05, 4.69) is 20.5 Å². The number of rotatable bonds is 4. The number of aromatic nitrogens is 5. The van der Waals surface area contributed by atoms with Gasteiger partial charge < -0.3 is 5.11 Å². The van der Waals surface area contributed by atoms with Crippen LogP contribution in [0.1, 0.15) is 5.56 Å². The topological polar surface area (TPSA) is 76.7 Å². The van der Waals surface area contributed by atoms with Crippen LogP contribution in [-0.4, -0.2) is 30.3 Å². The largest absolute Gasteiger partial charge is 0.508 e. The van der Waals surface area contributed by atoms with Crippen molar-refractivity contribution in [3.63, 3.8) is 0 Å². The van der Waals surface area contributed by atoms with Crippen molar-refractivity contribution in [3.8, 4) is 11.4 Å². The number of aromatic hydroxyl groups is 1. The third kappa shape index (κ3) is 2.77. The molecule has 0 fully saturated rings. The molecule has 0 aliphatic carbocycles. The Hall–Kier alpha value is -2.41. The average Bonchev–Trinajstić information content (AvgIpc) is 2.95. The van der Waals surface area contributed by atoms with Crippen LogP contribution in [0.25, 0.3) is 5.69 Å². The number of tetrazole rings is 1. The second-order valence-corrected chi connectivity index (χ2v) is 4.98. The molecule has 0 spiro atoms. The molecule has 0 amide bonds. The summed E-state index contributed by atoms with van der Waals surface area (Å²) in [4.78, 5) is 3.99. The zero-order valence-corrected chi connectivity index (χ0v) is 11.2. The fraction of sp³-hybridized carbons (Fsp3) is 0.0769. The summed E-state index contributed by atoms with van der Waals surface area (Å²) in [5, 5.41) is 21.7. The van der Waals surface area contributed by atoms with E-state index in [1.54, 1.807) is 53.1 Å². The molecule has 0 radical (unpaired) electrons. The van der Waals surface area contributed by atoms with Crippen LogP contribution in [0.2, 0.25) is 0 Å². The lowest BCUT2D eigenvalue weighted by molar-refractivity contribution is 0.475. The molecule has 0 aliphatic heterocycles. The average molecular weight is 285 g/mol. The van der Waals surface area contributed by atoms with Crippen LogP contribution in [0.3, 0.4) is 0 Å². The Kier molecular flexibility index (Phi) is 3.60. The van der Waals surface area contributed by atoms with Crippen molar-refractivity contribution in [2.45, 2.75) is 10.9 Å². The highest BCUT2D eigenvalue weighted by molar-refractivity contribution is 7.98. The summed E-state index contributed by atoms with van der Waals surface area (Å²) in [6.45, 7) is 0. The number of hydrogen-bond acceptors (Lipinski definition) is 6. The van der Waals surface area contributed by atoms with E-state index in [0.717, 1.165) is 17.0 Å². The van der Waals surface area contributed by atoms with Gasteiger partial charge in [-0.1, -0.05) is 11.8 Å². The van der Waals surface area contributed by atoms with Crippen molar-refractivity contribution in [2.75, 3.05) is 0 Å². The van der Waals surface area contributed by atoms with Gasteiger partial charge in [0.25, 0.3) is 0 Å². The van der Waals surface area contributed by atoms with Crippen molar-refractivity contribution >= 4 is 11.8 Å². The van der Waals surface area contributed by atoms with Gasteiger partial charge in [0, 0.05) is 18.1 Å². The summed E-state index contributed by atoms with van der Waals surface area (Å²) in [7, 11) is 0. The maximum Gasteiger partial charge on any atom is 0.214 e. The first-order chi connectivity index (χ1) is 9.83. The second-order valence-electron chi connectivity index (χ2n) is 4.03. The zero-order chi connectivity index (χ0) is 13.8. The third-order valence-corrected chi connectivity index (χ3v) is 3.64. The van der Waals surface area contributed by atoms with Crippen molar-refractivity contribution in [3.05, 3.63) is 54.4 Å². The molecule has 1 aromatic carbocycles. The van der Waals surface area contributed by atoms with E-state index in [1.807, 2.05) is 12.1 Å². The monoisotopic (exact) mass is 285 g/mol. The summed E-state index contributed by atoms with van der Waals surface area (Å²) in [5.74, 6) is 0.980. The van der Waals surface area contributed by atoms with Gasteiger partial charge >= 0.3 is 0 Å². The first-order valence-corrected chi connectivity index (χ1v) is 6.91. The highest BCUT2D eigenvalue weighted by Gasteiger charge is 2.09. The van der Waals surface area contributed by atoms with Crippen LogP contribution >= 0.6 is 11.8 Å². The van der Waals surface area contributed by atoms with Gasteiger partial charge in [-0.2, -0.15) is 4.68 Å². The molecular weight excluding hydrogens is 274 g/mol. The fourth-order valence-electron chi connectivity index (χ4n) is 1.65. The summed E-state index contributed by atoms with van der Waals surface area (Å²) in [6, 6.07) is 10.7. The number of pyridine rings is 1. The maximum absolute atomic E-state index is 9.30. The second kappa shape index (κ2) is 5.70. The number of phenols is 1. The quantitative estimate of drug-likeness (QED) is 0.739. The van der Waals surface area contributed by atoms with Crippen LogP contribution in [0, 0.1) is 0 Å². The van der Waals surface area contributed by atoms with E-state index in [-0.39, 0.29) is 5.75 Å². The minimum absolute atomic E-state index is 0.216. The molecule has 100 valence electrons. The van der Waals surface area contributed by atoms with Gasteiger partial charge in [-0.15, -0.1) is 5.10 Å². The Labute approximate surface area is 119 Å². The minimum Gasteiger partial charge on any atom is -0.508 e. The molecule has 1 N–H and O–H groups in total. The van der Waals surface area contributed by atoms with Gasteiger partial charge in [0.05, 0.1) is 5.69 Å². The van der Waals surface area contributed by atoms with Crippen molar-refractivity contribution in [1.29, 1.82) is 0 Å². The number of nitrogens with zero attached hydrogens (tertiary/aromatic N) is 5. The molecule has 2 heterocycles. The molecule has 0 unspecified atom stereocenters. The Bertz CT molecular complexity index is 683. The van der Waals surface area contributed by atoms with Crippen LogP contribution in [0.15, 0.2) is 53.9 Å². The minimum atomic E-state index is 0.216. The smallest absolute Gasteiger partial charge is 0.214 e. The molecule has 2 aromatic heterocycles. The summed E-state index contributed by atoms with van der Waals surface area (Å²) < 4.78 is 1.64. The molecule has 0 saturated carbocycles. The van der Waals surface area contributed by atoms with Gasteiger partial charge in [-0.25, -0.2) is 0 Å². The Morgan fingerprint density at radius 2 is 1.80 bits per heavy atom. The van der Waals surface area contributed by atoms with Gasteiger partial charge in [-0.05, 0) is 52.4 Å². The van der Waals surface area contributed by atoms with Crippen molar-refractivity contribution < 1.29 is 5.11 Å². The molecule has 6 nitrogen and oxygen atoms in total. The van der Waals surface area contributed by atoms with Gasteiger partial charge in [-0.3, -0.25) is 4.98 Å². The number of phenolic OH excluding ortho intramolecular Hbond substituents is 1. The lowest BCUT2D eigenvalue weighted by atomic mass is 10.3. The number of thioether (sulfide) groups is 1. The normalized spacial score (nSPS) is 10.6. The molecule has 0 aliphatic rings. The molecule has 20 heavy (non-hydrogen) atoms. The van der Waals surface area contributed by atoms with Crippen LogP contribution < -0.4 is 0 Å². The zero-order valence-electron chi connectivity index (χ0n) is 10.4. The van der Waals surface area contributed by atoms with E-state index in [0.29, 0.717) is 5.16 Å². The standard InChI is InChI=1S/C13H11N5OS/c19-12-3-1-11(2-4-12)18-13(15-16-17-18)20-9-10-5-7-14-8-6-10/h1-8,19H,9H2. The van der Waals surface area contributed by atoms with E-state index in [1.165, 1.54) is 0 Å². The number of benzene rings is 1. The summed E-state index contributed by atoms with van der Waals surface area (Å²) in [6.07, 6.45) is 3.53. The molecule has 0 saturated heterocycles. The van der Waals surface area contributed by atoms with Crippen LogP contribution in [0.4, 0.5) is 0 Å². The molecule has 3 aromatic rings.